The molecule has 1 N–H and O–H groups in total. The van der Waals surface area contributed by atoms with Crippen LogP contribution in [0.1, 0.15) is 18.9 Å². The first-order valence-corrected chi connectivity index (χ1v) is 7.33. The largest absolute Gasteiger partial charge is 0.490 e. The predicted octanol–water partition coefficient (Wildman–Crippen LogP) is 3.00. The number of para-hydroxylation sites is 1. The minimum Gasteiger partial charge on any atom is -0.490 e. The third kappa shape index (κ3) is 2.51. The van der Waals surface area contributed by atoms with Crippen LogP contribution < -0.4 is 15.0 Å². The first-order chi connectivity index (χ1) is 10.3. The zero-order valence-corrected chi connectivity index (χ0v) is 12.5. The summed E-state index contributed by atoms with van der Waals surface area (Å²) in [5.74, 6) is 2.28. The molecule has 1 aliphatic rings. The van der Waals surface area contributed by atoms with E-state index in [1.165, 1.54) is 11.3 Å². The van der Waals surface area contributed by atoms with Crippen LogP contribution in [-0.2, 0) is 6.42 Å². The molecule has 0 aliphatic carbocycles. The number of rotatable bonds is 4. The molecule has 0 saturated heterocycles. The van der Waals surface area contributed by atoms with Crippen LogP contribution in [-0.4, -0.2) is 30.2 Å². The Morgan fingerprint density at radius 1 is 1.29 bits per heavy atom. The van der Waals surface area contributed by atoms with Crippen molar-refractivity contribution in [2.45, 2.75) is 19.8 Å². The van der Waals surface area contributed by atoms with Crippen LogP contribution >= 0.6 is 0 Å². The average molecular weight is 284 g/mol. The molecule has 1 aliphatic heterocycles. The van der Waals surface area contributed by atoms with Gasteiger partial charge in [-0.1, -0.05) is 18.2 Å². The van der Waals surface area contributed by atoms with E-state index in [9.17, 15) is 0 Å². The summed E-state index contributed by atoms with van der Waals surface area (Å²) in [6, 6.07) is 8.48. The van der Waals surface area contributed by atoms with Gasteiger partial charge in [-0.2, -0.15) is 0 Å². The number of aryl methyl sites for hydroxylation is 1. The number of aromatic nitrogens is 2. The zero-order chi connectivity index (χ0) is 14.7. The van der Waals surface area contributed by atoms with E-state index >= 15 is 0 Å². The van der Waals surface area contributed by atoms with Crippen molar-refractivity contribution in [2.24, 2.45) is 0 Å². The Kier molecular flexibility index (Phi) is 3.90. The summed E-state index contributed by atoms with van der Waals surface area (Å²) in [6.45, 7) is 3.77. The minimum atomic E-state index is 0.705. The molecular weight excluding hydrogens is 264 g/mol. The van der Waals surface area contributed by atoms with E-state index in [0.717, 1.165) is 37.6 Å². The lowest BCUT2D eigenvalue weighted by Gasteiger charge is -2.31. The SMILES string of the molecule is CCNc1ncnc(N2CCCc3ccccc32)c1OC. The molecule has 0 atom stereocenters. The highest BCUT2D eigenvalue weighted by atomic mass is 16.5. The zero-order valence-electron chi connectivity index (χ0n) is 12.5. The molecule has 0 saturated carbocycles. The number of nitrogens with zero attached hydrogens (tertiary/aromatic N) is 3. The van der Waals surface area contributed by atoms with E-state index in [2.05, 4.69) is 44.5 Å². The van der Waals surface area contributed by atoms with E-state index in [-0.39, 0.29) is 0 Å². The van der Waals surface area contributed by atoms with Crippen molar-refractivity contribution in [3.8, 4) is 5.75 Å². The molecule has 0 fully saturated rings. The van der Waals surface area contributed by atoms with Crippen LogP contribution in [0.25, 0.3) is 0 Å². The fourth-order valence-electron chi connectivity index (χ4n) is 2.79. The smallest absolute Gasteiger partial charge is 0.204 e. The van der Waals surface area contributed by atoms with Crippen molar-refractivity contribution in [3.63, 3.8) is 0 Å². The Balaban J connectivity index is 2.07. The molecule has 2 aromatic rings. The third-order valence-corrected chi connectivity index (χ3v) is 3.70. The Morgan fingerprint density at radius 2 is 2.14 bits per heavy atom. The van der Waals surface area contributed by atoms with Crippen LogP contribution in [0.4, 0.5) is 17.3 Å². The molecule has 110 valence electrons. The van der Waals surface area contributed by atoms with Crippen molar-refractivity contribution in [2.75, 3.05) is 30.4 Å². The number of benzene rings is 1. The maximum absolute atomic E-state index is 5.57. The molecule has 5 heteroatoms. The molecule has 0 radical (unpaired) electrons. The van der Waals surface area contributed by atoms with Crippen LogP contribution in [0.15, 0.2) is 30.6 Å². The van der Waals surface area contributed by atoms with Gasteiger partial charge in [-0.05, 0) is 31.4 Å². The minimum absolute atomic E-state index is 0.705. The third-order valence-electron chi connectivity index (χ3n) is 3.70. The van der Waals surface area contributed by atoms with Crippen molar-refractivity contribution in [1.29, 1.82) is 0 Å². The summed E-state index contributed by atoms with van der Waals surface area (Å²) in [5.41, 5.74) is 2.57. The fraction of sp³-hybridized carbons (Fsp3) is 0.375. The van der Waals surface area contributed by atoms with E-state index in [0.29, 0.717) is 5.75 Å². The first-order valence-electron chi connectivity index (χ1n) is 7.33. The molecule has 1 aromatic heterocycles. The summed E-state index contributed by atoms with van der Waals surface area (Å²) in [7, 11) is 1.67. The number of ether oxygens (including phenoxy) is 1. The topological polar surface area (TPSA) is 50.3 Å². The Bertz CT molecular complexity index is 629. The second-order valence-electron chi connectivity index (χ2n) is 4.99. The number of nitrogens with one attached hydrogen (secondary N) is 1. The van der Waals surface area contributed by atoms with Gasteiger partial charge in [0.25, 0.3) is 0 Å². The standard InChI is InChI=1S/C16H20N4O/c1-3-17-15-14(21-2)16(19-11-18-15)20-10-6-8-12-7-4-5-9-13(12)20/h4-5,7,9,11H,3,6,8,10H2,1-2H3,(H,17,18,19). The molecule has 0 amide bonds. The number of anilines is 3. The highest BCUT2D eigenvalue weighted by molar-refractivity contribution is 5.73. The molecule has 0 unspecified atom stereocenters. The van der Waals surface area contributed by atoms with Gasteiger partial charge in [0.2, 0.25) is 5.75 Å². The number of hydrogen-bond donors (Lipinski definition) is 1. The van der Waals surface area contributed by atoms with Gasteiger partial charge >= 0.3 is 0 Å². The molecule has 3 rings (SSSR count). The van der Waals surface area contributed by atoms with Crippen molar-refractivity contribution in [1.82, 2.24) is 9.97 Å². The van der Waals surface area contributed by atoms with Gasteiger partial charge in [0.05, 0.1) is 7.11 Å². The van der Waals surface area contributed by atoms with Crippen LogP contribution in [0.5, 0.6) is 5.75 Å². The summed E-state index contributed by atoms with van der Waals surface area (Å²) in [4.78, 5) is 11.0. The first kappa shape index (κ1) is 13.7. The predicted molar refractivity (Wildman–Crippen MR) is 84.5 cm³/mol. The van der Waals surface area contributed by atoms with E-state index in [1.807, 2.05) is 6.92 Å². The monoisotopic (exact) mass is 284 g/mol. The van der Waals surface area contributed by atoms with Gasteiger partial charge in [0, 0.05) is 18.8 Å². The molecule has 0 spiro atoms. The summed E-state index contributed by atoms with van der Waals surface area (Å²) in [6.07, 6.45) is 3.81. The number of fused-ring (bicyclic) bond motifs is 1. The number of methoxy groups -OCH3 is 1. The molecule has 5 nitrogen and oxygen atoms in total. The second-order valence-corrected chi connectivity index (χ2v) is 4.99. The Hall–Kier alpha value is -2.30. The van der Waals surface area contributed by atoms with Gasteiger partial charge in [-0.15, -0.1) is 0 Å². The highest BCUT2D eigenvalue weighted by Crippen LogP contribution is 2.39. The van der Waals surface area contributed by atoms with Gasteiger partial charge in [-0.3, -0.25) is 0 Å². The molecule has 2 heterocycles. The van der Waals surface area contributed by atoms with Crippen molar-refractivity contribution < 1.29 is 4.74 Å². The van der Waals surface area contributed by atoms with Crippen LogP contribution in [0.2, 0.25) is 0 Å². The van der Waals surface area contributed by atoms with Crippen molar-refractivity contribution >= 4 is 17.3 Å². The van der Waals surface area contributed by atoms with E-state index < -0.39 is 0 Å². The van der Waals surface area contributed by atoms with E-state index in [4.69, 9.17) is 4.74 Å². The molecule has 21 heavy (non-hydrogen) atoms. The lowest BCUT2D eigenvalue weighted by molar-refractivity contribution is 0.413. The summed E-state index contributed by atoms with van der Waals surface area (Å²) >= 11 is 0. The summed E-state index contributed by atoms with van der Waals surface area (Å²) < 4.78 is 5.57. The Morgan fingerprint density at radius 3 is 2.95 bits per heavy atom. The average Bonchev–Trinajstić information content (AvgIpc) is 2.54. The van der Waals surface area contributed by atoms with Gasteiger partial charge < -0.3 is 15.0 Å². The lowest BCUT2D eigenvalue weighted by atomic mass is 10.0. The van der Waals surface area contributed by atoms with Gasteiger partial charge in [0.1, 0.15) is 6.33 Å². The molecule has 1 aromatic carbocycles. The maximum atomic E-state index is 5.57. The maximum Gasteiger partial charge on any atom is 0.204 e. The molecular formula is C16H20N4O. The Labute approximate surface area is 125 Å². The lowest BCUT2D eigenvalue weighted by Crippen LogP contribution is -2.26. The van der Waals surface area contributed by atoms with Gasteiger partial charge in [-0.25, -0.2) is 9.97 Å². The van der Waals surface area contributed by atoms with Crippen LogP contribution in [0, 0.1) is 0 Å². The number of hydrogen-bond acceptors (Lipinski definition) is 5. The molecule has 0 bridgehead atoms. The quantitative estimate of drug-likeness (QED) is 0.935. The van der Waals surface area contributed by atoms with Crippen LogP contribution in [0.3, 0.4) is 0 Å². The van der Waals surface area contributed by atoms with E-state index in [1.54, 1.807) is 13.4 Å². The summed E-state index contributed by atoms with van der Waals surface area (Å²) in [5, 5.41) is 3.23. The van der Waals surface area contributed by atoms with Crippen molar-refractivity contribution in [3.05, 3.63) is 36.2 Å². The normalized spacial score (nSPS) is 13.7. The highest BCUT2D eigenvalue weighted by Gasteiger charge is 2.23. The van der Waals surface area contributed by atoms with Gasteiger partial charge in [0.15, 0.2) is 11.6 Å². The fourth-order valence-corrected chi connectivity index (χ4v) is 2.79. The second kappa shape index (κ2) is 5.99.